The highest BCUT2D eigenvalue weighted by Gasteiger charge is 2.22. The van der Waals surface area contributed by atoms with E-state index in [2.05, 4.69) is 4.74 Å². The molecule has 12 heavy (non-hydrogen) atoms. The van der Waals surface area contributed by atoms with E-state index in [1.54, 1.807) is 6.92 Å². The highest BCUT2D eigenvalue weighted by atomic mass is 16.7. The maximum absolute atomic E-state index is 10.9. The average molecular weight is 173 g/mol. The summed E-state index contributed by atoms with van der Waals surface area (Å²) in [7, 11) is 0. The SMILES string of the molecule is C[CH]OC(=O)OC(C)(C)CCC. The van der Waals surface area contributed by atoms with Crippen molar-refractivity contribution in [2.45, 2.75) is 46.1 Å². The lowest BCUT2D eigenvalue weighted by molar-refractivity contribution is -0.00996. The number of carbonyl (C=O) groups is 1. The number of hydrogen-bond acceptors (Lipinski definition) is 3. The fourth-order valence-electron chi connectivity index (χ4n) is 0.999. The van der Waals surface area contributed by atoms with Gasteiger partial charge >= 0.3 is 6.16 Å². The molecule has 0 aliphatic rings. The van der Waals surface area contributed by atoms with E-state index in [1.165, 1.54) is 6.61 Å². The Morgan fingerprint density at radius 2 is 2.08 bits per heavy atom. The van der Waals surface area contributed by atoms with E-state index in [4.69, 9.17) is 4.74 Å². The average Bonchev–Trinajstić information content (AvgIpc) is 1.85. The van der Waals surface area contributed by atoms with Crippen molar-refractivity contribution in [3.05, 3.63) is 6.61 Å². The molecule has 0 N–H and O–H groups in total. The number of ether oxygens (including phenoxy) is 2. The Kier molecular flexibility index (Phi) is 4.71. The van der Waals surface area contributed by atoms with Crippen LogP contribution in [0.15, 0.2) is 0 Å². The monoisotopic (exact) mass is 173 g/mol. The first kappa shape index (κ1) is 11.3. The van der Waals surface area contributed by atoms with E-state index in [9.17, 15) is 4.79 Å². The van der Waals surface area contributed by atoms with Crippen LogP contribution in [0.1, 0.15) is 40.5 Å². The highest BCUT2D eigenvalue weighted by molar-refractivity contribution is 5.60. The quantitative estimate of drug-likeness (QED) is 0.613. The van der Waals surface area contributed by atoms with Gasteiger partial charge in [0.2, 0.25) is 0 Å². The lowest BCUT2D eigenvalue weighted by Crippen LogP contribution is -2.27. The molecule has 0 amide bonds. The molecule has 0 aromatic carbocycles. The fourth-order valence-corrected chi connectivity index (χ4v) is 0.999. The fraction of sp³-hybridized carbons (Fsp3) is 0.778. The molecule has 0 unspecified atom stereocenters. The van der Waals surface area contributed by atoms with Crippen molar-refractivity contribution in [3.63, 3.8) is 0 Å². The standard InChI is InChI=1S/C9H17O3/c1-5-7-9(3,4)12-8(10)11-6-2/h6H,5,7H2,1-4H3. The molecule has 71 valence electrons. The Morgan fingerprint density at radius 3 is 2.50 bits per heavy atom. The summed E-state index contributed by atoms with van der Waals surface area (Å²) in [4.78, 5) is 10.9. The van der Waals surface area contributed by atoms with Crippen LogP contribution in [-0.2, 0) is 9.47 Å². The van der Waals surface area contributed by atoms with Gasteiger partial charge in [-0.1, -0.05) is 13.3 Å². The maximum Gasteiger partial charge on any atom is 0.509 e. The minimum atomic E-state index is -0.629. The van der Waals surface area contributed by atoms with Crippen LogP contribution in [-0.4, -0.2) is 11.8 Å². The molecule has 0 spiro atoms. The molecule has 0 aliphatic carbocycles. The summed E-state index contributed by atoms with van der Waals surface area (Å²) in [6, 6.07) is 0. The second-order valence-corrected chi connectivity index (χ2v) is 3.22. The van der Waals surface area contributed by atoms with Crippen molar-refractivity contribution in [1.29, 1.82) is 0 Å². The van der Waals surface area contributed by atoms with Crippen LogP contribution in [0, 0.1) is 6.61 Å². The van der Waals surface area contributed by atoms with Gasteiger partial charge in [-0.05, 0) is 27.2 Å². The second-order valence-electron chi connectivity index (χ2n) is 3.22. The van der Waals surface area contributed by atoms with Crippen LogP contribution >= 0.6 is 0 Å². The lowest BCUT2D eigenvalue weighted by atomic mass is 10.0. The molecule has 0 saturated heterocycles. The Hall–Kier alpha value is -0.730. The van der Waals surface area contributed by atoms with Crippen LogP contribution in [0.2, 0.25) is 0 Å². The molecule has 0 rings (SSSR count). The molecule has 0 heterocycles. The summed E-state index contributed by atoms with van der Waals surface area (Å²) >= 11 is 0. The zero-order valence-corrected chi connectivity index (χ0v) is 8.22. The molecule has 3 heteroatoms. The Labute approximate surface area is 74.0 Å². The van der Waals surface area contributed by atoms with Gasteiger partial charge in [0.15, 0.2) is 0 Å². The second kappa shape index (κ2) is 5.01. The smallest absolute Gasteiger partial charge is 0.428 e. The molecule has 3 nitrogen and oxygen atoms in total. The molecule has 0 aromatic heterocycles. The van der Waals surface area contributed by atoms with Crippen LogP contribution in [0.3, 0.4) is 0 Å². The molecule has 0 aromatic rings. The van der Waals surface area contributed by atoms with Crippen molar-refractivity contribution in [3.8, 4) is 0 Å². The van der Waals surface area contributed by atoms with Crippen molar-refractivity contribution in [2.24, 2.45) is 0 Å². The Morgan fingerprint density at radius 1 is 1.50 bits per heavy atom. The van der Waals surface area contributed by atoms with Crippen molar-refractivity contribution >= 4 is 6.16 Å². The Balaban J connectivity index is 3.79. The predicted molar refractivity (Wildman–Crippen MR) is 46.5 cm³/mol. The number of carbonyl (C=O) groups excluding carboxylic acids is 1. The first-order valence-corrected chi connectivity index (χ1v) is 4.19. The molecular formula is C9H17O3. The zero-order chi connectivity index (χ0) is 9.61. The number of rotatable bonds is 4. The predicted octanol–water partition coefficient (Wildman–Crippen LogP) is 2.90. The molecule has 0 bridgehead atoms. The topological polar surface area (TPSA) is 35.5 Å². The van der Waals surface area contributed by atoms with Gasteiger partial charge in [-0.25, -0.2) is 4.79 Å². The van der Waals surface area contributed by atoms with Gasteiger partial charge in [0, 0.05) is 0 Å². The van der Waals surface area contributed by atoms with Crippen molar-refractivity contribution < 1.29 is 14.3 Å². The summed E-state index contributed by atoms with van der Waals surface area (Å²) in [6.07, 6.45) is 1.19. The van der Waals surface area contributed by atoms with E-state index in [0.29, 0.717) is 0 Å². The highest BCUT2D eigenvalue weighted by Crippen LogP contribution is 2.17. The molecule has 1 radical (unpaired) electrons. The maximum atomic E-state index is 10.9. The largest absolute Gasteiger partial charge is 0.509 e. The summed E-state index contributed by atoms with van der Waals surface area (Å²) in [5.74, 6) is 0. The third-order valence-corrected chi connectivity index (χ3v) is 1.43. The summed E-state index contributed by atoms with van der Waals surface area (Å²) in [5.41, 5.74) is -0.422. The van der Waals surface area contributed by atoms with E-state index < -0.39 is 11.8 Å². The summed E-state index contributed by atoms with van der Waals surface area (Å²) < 4.78 is 9.56. The van der Waals surface area contributed by atoms with Gasteiger partial charge in [0.05, 0.1) is 0 Å². The van der Waals surface area contributed by atoms with E-state index >= 15 is 0 Å². The summed E-state index contributed by atoms with van der Waals surface area (Å²) in [5, 5.41) is 0. The van der Waals surface area contributed by atoms with Crippen molar-refractivity contribution in [1.82, 2.24) is 0 Å². The first-order valence-electron chi connectivity index (χ1n) is 4.19. The van der Waals surface area contributed by atoms with Gasteiger partial charge in [0.1, 0.15) is 12.2 Å². The number of hydrogen-bond donors (Lipinski definition) is 0. The lowest BCUT2D eigenvalue weighted by Gasteiger charge is -2.23. The third kappa shape index (κ3) is 4.99. The molecular weight excluding hydrogens is 156 g/mol. The summed E-state index contributed by atoms with van der Waals surface area (Å²) in [6.45, 7) is 8.72. The molecule has 0 saturated carbocycles. The van der Waals surface area contributed by atoms with E-state index in [0.717, 1.165) is 12.8 Å². The van der Waals surface area contributed by atoms with Crippen LogP contribution in [0.4, 0.5) is 4.79 Å². The first-order chi connectivity index (χ1) is 5.52. The van der Waals surface area contributed by atoms with Gasteiger partial charge in [-0.15, -0.1) is 0 Å². The molecule has 0 atom stereocenters. The van der Waals surface area contributed by atoms with Crippen LogP contribution < -0.4 is 0 Å². The van der Waals surface area contributed by atoms with Gasteiger partial charge < -0.3 is 9.47 Å². The van der Waals surface area contributed by atoms with Crippen LogP contribution in [0.25, 0.3) is 0 Å². The molecule has 0 aliphatic heterocycles. The van der Waals surface area contributed by atoms with Gasteiger partial charge in [-0.2, -0.15) is 0 Å². The molecule has 0 fully saturated rings. The zero-order valence-electron chi connectivity index (χ0n) is 8.22. The van der Waals surface area contributed by atoms with Gasteiger partial charge in [-0.3, -0.25) is 0 Å². The van der Waals surface area contributed by atoms with Crippen molar-refractivity contribution in [2.75, 3.05) is 0 Å². The van der Waals surface area contributed by atoms with Crippen LogP contribution in [0.5, 0.6) is 0 Å². The minimum absolute atomic E-state index is 0.422. The van der Waals surface area contributed by atoms with E-state index in [1.807, 2.05) is 20.8 Å². The van der Waals surface area contributed by atoms with E-state index in [-0.39, 0.29) is 0 Å². The third-order valence-electron chi connectivity index (χ3n) is 1.43. The van der Waals surface area contributed by atoms with Gasteiger partial charge in [0.25, 0.3) is 0 Å². The Bertz CT molecular complexity index is 141. The minimum Gasteiger partial charge on any atom is -0.428 e. The normalized spacial score (nSPS) is 11.0.